The minimum atomic E-state index is -4.42. The van der Waals surface area contributed by atoms with Crippen LogP contribution in [-0.2, 0) is 6.18 Å². The predicted molar refractivity (Wildman–Crippen MR) is 77.2 cm³/mol. The van der Waals surface area contributed by atoms with Crippen molar-refractivity contribution >= 4 is 38.9 Å². The Morgan fingerprint density at radius 3 is 2.55 bits per heavy atom. The summed E-state index contributed by atoms with van der Waals surface area (Å²) in [6.45, 7) is 0. The van der Waals surface area contributed by atoms with Crippen molar-refractivity contribution in [2.24, 2.45) is 0 Å². The average molecular weight is 386 g/mol. The van der Waals surface area contributed by atoms with Gasteiger partial charge in [0.1, 0.15) is 0 Å². The first kappa shape index (κ1) is 15.8. The van der Waals surface area contributed by atoms with E-state index >= 15 is 0 Å². The molecule has 2 aromatic rings. The van der Waals surface area contributed by atoms with Crippen LogP contribution in [0.4, 0.5) is 13.2 Å². The van der Waals surface area contributed by atoms with Gasteiger partial charge in [0.2, 0.25) is 0 Å². The van der Waals surface area contributed by atoms with E-state index in [9.17, 15) is 13.2 Å². The summed E-state index contributed by atoms with van der Waals surface area (Å²) in [5.74, 6) is 0. The third kappa shape index (κ3) is 3.52. The maximum Gasteiger partial charge on any atom is 0.443 e. The zero-order valence-corrected chi connectivity index (χ0v) is 13.3. The van der Waals surface area contributed by atoms with Crippen LogP contribution in [0.5, 0.6) is 0 Å². The third-order valence-electron chi connectivity index (χ3n) is 2.56. The lowest BCUT2D eigenvalue weighted by molar-refractivity contribution is -0.137. The topological polar surface area (TPSA) is 24.9 Å². The number of alkyl halides is 3. The minimum absolute atomic E-state index is 0.390. The van der Waals surface area contributed by atoms with Crippen molar-refractivity contribution in [3.63, 3.8) is 0 Å². The number of halogens is 5. The molecule has 8 heteroatoms. The number of hydrogen-bond donors (Lipinski definition) is 1. The molecule has 0 amide bonds. The van der Waals surface area contributed by atoms with E-state index in [1.807, 2.05) is 0 Å². The molecule has 0 aliphatic carbocycles. The maximum absolute atomic E-state index is 12.6. The number of aromatic nitrogens is 1. The van der Waals surface area contributed by atoms with Crippen LogP contribution in [0, 0.1) is 0 Å². The van der Waals surface area contributed by atoms with Crippen molar-refractivity contribution in [2.45, 2.75) is 12.2 Å². The third-order valence-corrected chi connectivity index (χ3v) is 4.34. The van der Waals surface area contributed by atoms with Crippen molar-refractivity contribution in [1.82, 2.24) is 10.3 Å². The highest BCUT2D eigenvalue weighted by molar-refractivity contribution is 9.10. The van der Waals surface area contributed by atoms with Gasteiger partial charge in [-0.2, -0.15) is 13.2 Å². The fourth-order valence-electron chi connectivity index (χ4n) is 1.77. The molecule has 1 unspecified atom stereocenters. The molecule has 1 atom stereocenters. The van der Waals surface area contributed by atoms with E-state index in [1.54, 1.807) is 25.2 Å². The molecule has 1 heterocycles. The number of nitrogens with zero attached hydrogens (tertiary/aromatic N) is 1. The summed E-state index contributed by atoms with van der Waals surface area (Å²) in [4.78, 5) is 3.92. The molecule has 0 aliphatic rings. The molecule has 0 spiro atoms. The quantitative estimate of drug-likeness (QED) is 0.814. The second kappa shape index (κ2) is 6.01. The molecule has 1 aromatic carbocycles. The number of thiazole rings is 1. The van der Waals surface area contributed by atoms with Crippen LogP contribution >= 0.6 is 38.9 Å². The molecule has 0 aliphatic heterocycles. The smallest absolute Gasteiger partial charge is 0.309 e. The van der Waals surface area contributed by atoms with Crippen LogP contribution in [-0.4, -0.2) is 12.0 Å². The second-order valence-electron chi connectivity index (χ2n) is 3.99. The van der Waals surface area contributed by atoms with Crippen LogP contribution in [0.1, 0.15) is 21.5 Å². The molecule has 20 heavy (non-hydrogen) atoms. The van der Waals surface area contributed by atoms with Gasteiger partial charge in [-0.05, 0) is 30.8 Å². The fourth-order valence-corrected chi connectivity index (χ4v) is 3.57. The molecule has 0 saturated carbocycles. The van der Waals surface area contributed by atoms with Crippen molar-refractivity contribution in [3.8, 4) is 0 Å². The van der Waals surface area contributed by atoms with Gasteiger partial charge in [-0.25, -0.2) is 4.98 Å². The van der Waals surface area contributed by atoms with Gasteiger partial charge in [0.15, 0.2) is 5.01 Å². The Hall–Kier alpha value is -0.630. The molecule has 1 N–H and O–H groups in total. The van der Waals surface area contributed by atoms with Crippen LogP contribution in [0.3, 0.4) is 0 Å². The van der Waals surface area contributed by atoms with Gasteiger partial charge in [0.25, 0.3) is 0 Å². The van der Waals surface area contributed by atoms with Gasteiger partial charge in [0, 0.05) is 20.6 Å². The standard InChI is InChI=1S/C12H9BrClF3N2S/c1-18-10(6-2-7(13)4-8(14)3-6)9-5-19-11(20-9)12(15,16)17/h2-5,10,18H,1H3. The first-order valence-electron chi connectivity index (χ1n) is 5.47. The summed E-state index contributed by atoms with van der Waals surface area (Å²) in [7, 11) is 1.67. The first-order chi connectivity index (χ1) is 9.31. The van der Waals surface area contributed by atoms with E-state index in [0.717, 1.165) is 10.0 Å². The summed E-state index contributed by atoms with van der Waals surface area (Å²) >= 11 is 9.90. The van der Waals surface area contributed by atoms with E-state index in [1.165, 1.54) is 6.20 Å². The van der Waals surface area contributed by atoms with Crippen LogP contribution in [0.2, 0.25) is 5.02 Å². The van der Waals surface area contributed by atoms with E-state index in [-0.39, 0.29) is 0 Å². The van der Waals surface area contributed by atoms with Gasteiger partial charge in [-0.3, -0.25) is 0 Å². The Morgan fingerprint density at radius 1 is 1.35 bits per heavy atom. The molecule has 108 valence electrons. The summed E-state index contributed by atoms with van der Waals surface area (Å²) in [5.41, 5.74) is 0.768. The van der Waals surface area contributed by atoms with Crippen LogP contribution in [0.25, 0.3) is 0 Å². The zero-order chi connectivity index (χ0) is 14.9. The molecule has 0 saturated heterocycles. The minimum Gasteiger partial charge on any atom is -0.309 e. The number of hydrogen-bond acceptors (Lipinski definition) is 3. The Bertz CT molecular complexity index is 595. The van der Waals surface area contributed by atoms with Crippen molar-refractivity contribution in [2.75, 3.05) is 7.05 Å². The largest absolute Gasteiger partial charge is 0.443 e. The summed E-state index contributed by atoms with van der Waals surface area (Å²) < 4.78 is 38.6. The SMILES string of the molecule is CNC(c1cc(Cl)cc(Br)c1)c1cnc(C(F)(F)F)s1. The highest BCUT2D eigenvalue weighted by Crippen LogP contribution is 2.36. The lowest BCUT2D eigenvalue weighted by Crippen LogP contribution is -2.16. The molecular weight excluding hydrogens is 377 g/mol. The highest BCUT2D eigenvalue weighted by Gasteiger charge is 2.35. The van der Waals surface area contributed by atoms with Crippen molar-refractivity contribution in [3.05, 3.63) is 49.3 Å². The molecule has 1 aromatic heterocycles. The Labute approximate surface area is 131 Å². The average Bonchev–Trinajstić information content (AvgIpc) is 2.77. The monoisotopic (exact) mass is 384 g/mol. The van der Waals surface area contributed by atoms with Gasteiger partial charge < -0.3 is 5.32 Å². The predicted octanol–water partition coefficient (Wildman–Crippen LogP) is 4.89. The number of benzene rings is 1. The van der Waals surface area contributed by atoms with E-state index in [2.05, 4.69) is 26.2 Å². The lowest BCUT2D eigenvalue weighted by Gasteiger charge is -2.15. The van der Waals surface area contributed by atoms with E-state index in [4.69, 9.17) is 11.6 Å². The zero-order valence-electron chi connectivity index (χ0n) is 10.1. The highest BCUT2D eigenvalue weighted by atomic mass is 79.9. The van der Waals surface area contributed by atoms with Gasteiger partial charge >= 0.3 is 6.18 Å². The fraction of sp³-hybridized carbons (Fsp3) is 0.250. The van der Waals surface area contributed by atoms with Crippen molar-refractivity contribution < 1.29 is 13.2 Å². The number of rotatable bonds is 3. The molecule has 2 rings (SSSR count). The molecule has 0 fully saturated rings. The van der Waals surface area contributed by atoms with Crippen molar-refractivity contribution in [1.29, 1.82) is 0 Å². The van der Waals surface area contributed by atoms with Crippen LogP contribution < -0.4 is 5.32 Å². The second-order valence-corrected chi connectivity index (χ2v) is 6.40. The molecular formula is C12H9BrClF3N2S. The Morgan fingerprint density at radius 2 is 2.05 bits per heavy atom. The lowest BCUT2D eigenvalue weighted by atomic mass is 10.1. The summed E-state index contributed by atoms with van der Waals surface area (Å²) in [6.07, 6.45) is -3.18. The molecule has 2 nitrogen and oxygen atoms in total. The van der Waals surface area contributed by atoms with Gasteiger partial charge in [-0.1, -0.05) is 27.5 Å². The van der Waals surface area contributed by atoms with Crippen LogP contribution in [0.15, 0.2) is 28.9 Å². The maximum atomic E-state index is 12.6. The summed E-state index contributed by atoms with van der Waals surface area (Å²) in [5, 5.41) is 2.63. The van der Waals surface area contributed by atoms with Gasteiger partial charge in [0.05, 0.1) is 6.04 Å². The molecule has 0 radical (unpaired) electrons. The Kier molecular flexibility index (Phi) is 4.73. The molecule has 0 bridgehead atoms. The van der Waals surface area contributed by atoms with Gasteiger partial charge in [-0.15, -0.1) is 11.3 Å². The Balaban J connectivity index is 2.39. The first-order valence-corrected chi connectivity index (χ1v) is 7.46. The van der Waals surface area contributed by atoms with E-state index in [0.29, 0.717) is 21.2 Å². The normalized spacial score (nSPS) is 13.5. The van der Waals surface area contributed by atoms with E-state index < -0.39 is 17.2 Å². The summed E-state index contributed by atoms with van der Waals surface area (Å²) in [6, 6.07) is 4.84. The number of nitrogens with one attached hydrogen (secondary N) is 1.